The third-order valence-corrected chi connectivity index (χ3v) is 6.14. The van der Waals surface area contributed by atoms with Crippen LogP contribution in [0.4, 0.5) is 0 Å². The highest BCUT2D eigenvalue weighted by Gasteiger charge is 2.24. The van der Waals surface area contributed by atoms with E-state index in [0.29, 0.717) is 0 Å². The summed E-state index contributed by atoms with van der Waals surface area (Å²) in [5.41, 5.74) is 0. The Morgan fingerprint density at radius 3 is 2.32 bits per heavy atom. The van der Waals surface area contributed by atoms with Gasteiger partial charge in [-0.3, -0.25) is 0 Å². The topological polar surface area (TPSA) is 46.2 Å². The van der Waals surface area contributed by atoms with Crippen molar-refractivity contribution in [3.63, 3.8) is 0 Å². The van der Waals surface area contributed by atoms with Crippen LogP contribution in [0.5, 0.6) is 0 Å². The molecule has 1 aliphatic carbocycles. The van der Waals surface area contributed by atoms with Crippen molar-refractivity contribution in [1.82, 2.24) is 4.72 Å². The third-order valence-electron chi connectivity index (χ3n) is 4.18. The van der Waals surface area contributed by atoms with E-state index in [1.54, 1.807) is 0 Å². The van der Waals surface area contributed by atoms with Gasteiger partial charge in [-0.15, -0.1) is 0 Å². The van der Waals surface area contributed by atoms with Crippen LogP contribution in [0, 0.1) is 0 Å². The zero-order valence-corrected chi connectivity index (χ0v) is 13.5. The molecule has 0 spiro atoms. The van der Waals surface area contributed by atoms with E-state index in [1.165, 1.54) is 38.5 Å². The smallest absolute Gasteiger partial charge is 0.212 e. The largest absolute Gasteiger partial charge is 0.214 e. The molecule has 1 unspecified atom stereocenters. The van der Waals surface area contributed by atoms with Gasteiger partial charge >= 0.3 is 0 Å². The summed E-state index contributed by atoms with van der Waals surface area (Å²) in [5, 5.41) is -0.240. The molecule has 0 aromatic carbocycles. The lowest BCUT2D eigenvalue weighted by atomic mass is 9.96. The van der Waals surface area contributed by atoms with Crippen LogP contribution in [0.15, 0.2) is 0 Å². The monoisotopic (exact) mass is 289 g/mol. The quantitative estimate of drug-likeness (QED) is 0.652. The number of nitrogens with one attached hydrogen (secondary N) is 1. The highest BCUT2D eigenvalue weighted by atomic mass is 32.2. The molecule has 0 amide bonds. The minimum atomic E-state index is -3.10. The van der Waals surface area contributed by atoms with Crippen molar-refractivity contribution in [3.05, 3.63) is 0 Å². The average molecular weight is 289 g/mol. The summed E-state index contributed by atoms with van der Waals surface area (Å²) in [6, 6.07) is 0.196. The average Bonchev–Trinajstić information content (AvgIpc) is 2.39. The molecule has 0 radical (unpaired) electrons. The second kappa shape index (κ2) is 8.96. The lowest BCUT2D eigenvalue weighted by Gasteiger charge is -2.24. The predicted octanol–water partition coefficient (Wildman–Crippen LogP) is 3.99. The molecular formula is C15H31NO2S. The first-order valence-electron chi connectivity index (χ1n) is 8.07. The van der Waals surface area contributed by atoms with Crippen LogP contribution in [0.25, 0.3) is 0 Å². The Hall–Kier alpha value is -0.0900. The van der Waals surface area contributed by atoms with E-state index < -0.39 is 10.0 Å². The van der Waals surface area contributed by atoms with Gasteiger partial charge in [-0.05, 0) is 26.2 Å². The zero-order valence-electron chi connectivity index (χ0n) is 12.7. The number of sulfonamides is 1. The minimum Gasteiger partial charge on any atom is -0.212 e. The van der Waals surface area contributed by atoms with Crippen LogP contribution in [-0.2, 0) is 10.0 Å². The molecule has 4 heteroatoms. The molecule has 0 aromatic heterocycles. The molecule has 1 atom stereocenters. The fraction of sp³-hybridized carbons (Fsp3) is 1.00. The van der Waals surface area contributed by atoms with Crippen molar-refractivity contribution in [2.75, 3.05) is 0 Å². The van der Waals surface area contributed by atoms with Gasteiger partial charge in [0.1, 0.15) is 0 Å². The molecule has 1 N–H and O–H groups in total. The molecule has 1 rings (SSSR count). The predicted molar refractivity (Wildman–Crippen MR) is 81.8 cm³/mol. The van der Waals surface area contributed by atoms with Gasteiger partial charge < -0.3 is 0 Å². The van der Waals surface area contributed by atoms with Gasteiger partial charge in [-0.1, -0.05) is 58.3 Å². The molecule has 0 bridgehead atoms. The van der Waals surface area contributed by atoms with Crippen molar-refractivity contribution in [2.45, 2.75) is 95.8 Å². The molecular weight excluding hydrogens is 258 g/mol. The summed E-state index contributed by atoms with van der Waals surface area (Å²) in [7, 11) is -3.10. The van der Waals surface area contributed by atoms with Crippen LogP contribution in [-0.4, -0.2) is 19.7 Å². The van der Waals surface area contributed by atoms with Gasteiger partial charge in [0.2, 0.25) is 10.0 Å². The van der Waals surface area contributed by atoms with Gasteiger partial charge in [0.05, 0.1) is 5.25 Å². The van der Waals surface area contributed by atoms with E-state index in [1.807, 2.05) is 6.92 Å². The van der Waals surface area contributed by atoms with Gasteiger partial charge in [0, 0.05) is 6.04 Å². The lowest BCUT2D eigenvalue weighted by molar-refractivity contribution is 0.409. The summed E-state index contributed by atoms with van der Waals surface area (Å²) in [6.07, 6.45) is 12.3. The molecule has 114 valence electrons. The Bertz CT molecular complexity index is 321. The van der Waals surface area contributed by atoms with E-state index in [0.717, 1.165) is 32.1 Å². The van der Waals surface area contributed by atoms with Crippen molar-refractivity contribution in [3.8, 4) is 0 Å². The fourth-order valence-electron chi connectivity index (χ4n) is 2.76. The first-order chi connectivity index (χ1) is 9.06. The van der Waals surface area contributed by atoms with Gasteiger partial charge in [-0.25, -0.2) is 13.1 Å². The summed E-state index contributed by atoms with van der Waals surface area (Å²) in [4.78, 5) is 0. The Morgan fingerprint density at radius 1 is 1.05 bits per heavy atom. The van der Waals surface area contributed by atoms with Crippen LogP contribution < -0.4 is 4.72 Å². The van der Waals surface area contributed by atoms with Crippen molar-refractivity contribution in [2.24, 2.45) is 0 Å². The highest BCUT2D eigenvalue weighted by Crippen LogP contribution is 2.20. The maximum atomic E-state index is 12.2. The molecule has 0 saturated heterocycles. The van der Waals surface area contributed by atoms with Crippen LogP contribution >= 0.6 is 0 Å². The third kappa shape index (κ3) is 6.75. The number of unbranched alkanes of at least 4 members (excludes halogenated alkanes) is 4. The van der Waals surface area contributed by atoms with E-state index >= 15 is 0 Å². The first-order valence-corrected chi connectivity index (χ1v) is 9.62. The van der Waals surface area contributed by atoms with Gasteiger partial charge in [0.15, 0.2) is 0 Å². The molecule has 3 nitrogen and oxygen atoms in total. The molecule has 0 aliphatic heterocycles. The Labute approximate surface area is 119 Å². The number of hydrogen-bond donors (Lipinski definition) is 1. The Morgan fingerprint density at radius 2 is 1.68 bits per heavy atom. The fourth-order valence-corrected chi connectivity index (χ4v) is 4.17. The zero-order chi connectivity index (χ0) is 14.1. The van der Waals surface area contributed by atoms with Crippen molar-refractivity contribution >= 4 is 10.0 Å². The van der Waals surface area contributed by atoms with Crippen LogP contribution in [0.3, 0.4) is 0 Å². The van der Waals surface area contributed by atoms with Crippen molar-refractivity contribution < 1.29 is 8.42 Å². The van der Waals surface area contributed by atoms with Crippen molar-refractivity contribution in [1.29, 1.82) is 0 Å². The molecule has 0 heterocycles. The Kier molecular flexibility index (Phi) is 8.00. The summed E-state index contributed by atoms with van der Waals surface area (Å²) in [6.45, 7) is 4.05. The lowest BCUT2D eigenvalue weighted by Crippen LogP contribution is -2.40. The standard InChI is InChI=1S/C15H31NO2S/c1-3-4-5-6-8-11-14(2)19(17,18)16-15-12-9-7-10-13-15/h14-16H,3-13H2,1-2H3. The molecule has 19 heavy (non-hydrogen) atoms. The van der Waals surface area contributed by atoms with E-state index in [9.17, 15) is 8.42 Å². The minimum absolute atomic E-state index is 0.196. The van der Waals surface area contributed by atoms with E-state index in [-0.39, 0.29) is 11.3 Å². The molecule has 1 fully saturated rings. The van der Waals surface area contributed by atoms with E-state index in [4.69, 9.17) is 0 Å². The van der Waals surface area contributed by atoms with Gasteiger partial charge in [0.25, 0.3) is 0 Å². The highest BCUT2D eigenvalue weighted by molar-refractivity contribution is 7.90. The van der Waals surface area contributed by atoms with Crippen LogP contribution in [0.1, 0.15) is 84.5 Å². The van der Waals surface area contributed by atoms with E-state index in [2.05, 4.69) is 11.6 Å². The second-order valence-corrected chi connectivity index (χ2v) is 8.14. The number of hydrogen-bond acceptors (Lipinski definition) is 2. The second-order valence-electron chi connectivity index (χ2n) is 6.01. The molecule has 0 aromatic rings. The summed E-state index contributed by atoms with van der Waals surface area (Å²) >= 11 is 0. The SMILES string of the molecule is CCCCCCCC(C)S(=O)(=O)NC1CCCCC1. The number of rotatable bonds is 9. The van der Waals surface area contributed by atoms with Crippen LogP contribution in [0.2, 0.25) is 0 Å². The maximum Gasteiger partial charge on any atom is 0.214 e. The Balaban J connectivity index is 2.26. The molecule has 1 aliphatic rings. The summed E-state index contributed by atoms with van der Waals surface area (Å²) < 4.78 is 27.3. The first kappa shape index (κ1) is 17.0. The van der Waals surface area contributed by atoms with Gasteiger partial charge in [-0.2, -0.15) is 0 Å². The molecule has 1 saturated carbocycles. The summed E-state index contributed by atoms with van der Waals surface area (Å²) in [5.74, 6) is 0. The normalized spacial score (nSPS) is 19.5. The maximum absolute atomic E-state index is 12.2.